The lowest BCUT2D eigenvalue weighted by Crippen LogP contribution is -2.14. The molecule has 19 heavy (non-hydrogen) atoms. The Kier molecular flexibility index (Phi) is 5.20. The van der Waals surface area contributed by atoms with E-state index in [0.717, 1.165) is 13.6 Å². The summed E-state index contributed by atoms with van der Waals surface area (Å²) >= 11 is 4.55. The standard InChI is InChI=1S/C12H14FN3S3/c1-7(14-2)10-8(13)5-4-6-9(10)18-12-16-15-11(17-3)19-12/h4-7,14H,1-3H3. The van der Waals surface area contributed by atoms with Gasteiger partial charge in [0, 0.05) is 16.5 Å². The number of nitrogens with zero attached hydrogens (tertiary/aromatic N) is 2. The first kappa shape index (κ1) is 14.8. The number of benzene rings is 1. The number of rotatable bonds is 5. The molecule has 1 aromatic heterocycles. The molecule has 0 saturated carbocycles. The van der Waals surface area contributed by atoms with Gasteiger partial charge in [0.15, 0.2) is 8.68 Å². The molecule has 7 heteroatoms. The second-order valence-electron chi connectivity index (χ2n) is 3.80. The number of thioether (sulfide) groups is 1. The molecule has 0 bridgehead atoms. The van der Waals surface area contributed by atoms with E-state index in [1.807, 2.05) is 26.3 Å². The van der Waals surface area contributed by atoms with Gasteiger partial charge < -0.3 is 5.32 Å². The molecule has 0 radical (unpaired) electrons. The maximum absolute atomic E-state index is 14.0. The third-order valence-electron chi connectivity index (χ3n) is 2.64. The second-order valence-corrected chi connectivity index (χ2v) is 7.12. The lowest BCUT2D eigenvalue weighted by atomic mass is 10.1. The van der Waals surface area contributed by atoms with Crippen LogP contribution >= 0.6 is 34.9 Å². The number of halogens is 1. The van der Waals surface area contributed by atoms with Crippen LogP contribution in [-0.4, -0.2) is 23.5 Å². The molecule has 1 atom stereocenters. The molecule has 0 aliphatic heterocycles. The number of hydrogen-bond acceptors (Lipinski definition) is 6. The minimum Gasteiger partial charge on any atom is -0.313 e. The number of aromatic nitrogens is 2. The van der Waals surface area contributed by atoms with Crippen LogP contribution in [0.1, 0.15) is 18.5 Å². The van der Waals surface area contributed by atoms with Gasteiger partial charge in [0.2, 0.25) is 0 Å². The monoisotopic (exact) mass is 315 g/mol. The van der Waals surface area contributed by atoms with Crippen LogP contribution in [0.2, 0.25) is 0 Å². The van der Waals surface area contributed by atoms with Crippen molar-refractivity contribution in [2.75, 3.05) is 13.3 Å². The third-order valence-corrected chi connectivity index (χ3v) is 5.66. The topological polar surface area (TPSA) is 37.8 Å². The smallest absolute Gasteiger partial charge is 0.179 e. The number of hydrogen-bond donors (Lipinski definition) is 1. The van der Waals surface area contributed by atoms with Gasteiger partial charge in [-0.25, -0.2) is 4.39 Å². The summed E-state index contributed by atoms with van der Waals surface area (Å²) in [5, 5.41) is 11.2. The van der Waals surface area contributed by atoms with E-state index in [4.69, 9.17) is 0 Å². The van der Waals surface area contributed by atoms with Gasteiger partial charge in [-0.05, 0) is 32.4 Å². The first-order chi connectivity index (χ1) is 9.15. The zero-order chi connectivity index (χ0) is 13.8. The lowest BCUT2D eigenvalue weighted by molar-refractivity contribution is 0.552. The fraction of sp³-hybridized carbons (Fsp3) is 0.333. The summed E-state index contributed by atoms with van der Waals surface area (Å²) < 4.78 is 15.7. The van der Waals surface area contributed by atoms with E-state index in [2.05, 4.69) is 15.5 Å². The molecule has 0 aliphatic carbocycles. The van der Waals surface area contributed by atoms with E-state index in [1.165, 1.54) is 29.2 Å². The summed E-state index contributed by atoms with van der Waals surface area (Å²) in [6.07, 6.45) is 1.96. The van der Waals surface area contributed by atoms with Crippen molar-refractivity contribution in [1.29, 1.82) is 0 Å². The predicted octanol–water partition coefficient (Wildman–Crippen LogP) is 3.83. The van der Waals surface area contributed by atoms with E-state index in [1.54, 1.807) is 17.8 Å². The predicted molar refractivity (Wildman–Crippen MR) is 79.7 cm³/mol. The van der Waals surface area contributed by atoms with E-state index >= 15 is 0 Å². The van der Waals surface area contributed by atoms with Gasteiger partial charge in [0.1, 0.15) is 5.82 Å². The molecule has 0 aliphatic rings. The van der Waals surface area contributed by atoms with Gasteiger partial charge in [-0.15, -0.1) is 10.2 Å². The van der Waals surface area contributed by atoms with Crippen molar-refractivity contribution in [2.24, 2.45) is 0 Å². The normalized spacial score (nSPS) is 12.6. The lowest BCUT2D eigenvalue weighted by Gasteiger charge is -2.15. The molecule has 0 fully saturated rings. The Bertz CT molecular complexity index is 559. The summed E-state index contributed by atoms with van der Waals surface area (Å²) in [4.78, 5) is 0.880. The second kappa shape index (κ2) is 6.69. The molecule has 1 N–H and O–H groups in total. The van der Waals surface area contributed by atoms with Crippen LogP contribution in [0.3, 0.4) is 0 Å². The van der Waals surface area contributed by atoms with Gasteiger partial charge in [-0.3, -0.25) is 0 Å². The molecule has 1 heterocycles. The Morgan fingerprint density at radius 1 is 1.32 bits per heavy atom. The quantitative estimate of drug-likeness (QED) is 0.849. The maximum atomic E-state index is 14.0. The highest BCUT2D eigenvalue weighted by Gasteiger charge is 2.16. The van der Waals surface area contributed by atoms with E-state index in [0.29, 0.717) is 5.56 Å². The first-order valence-corrected chi connectivity index (χ1v) is 8.52. The van der Waals surface area contributed by atoms with Crippen molar-refractivity contribution in [1.82, 2.24) is 15.5 Å². The third kappa shape index (κ3) is 3.47. The van der Waals surface area contributed by atoms with Crippen molar-refractivity contribution in [2.45, 2.75) is 26.5 Å². The Morgan fingerprint density at radius 2 is 2.05 bits per heavy atom. The fourth-order valence-electron chi connectivity index (χ4n) is 1.59. The highest BCUT2D eigenvalue weighted by molar-refractivity contribution is 8.03. The maximum Gasteiger partial charge on any atom is 0.179 e. The van der Waals surface area contributed by atoms with Crippen LogP contribution < -0.4 is 5.32 Å². The van der Waals surface area contributed by atoms with Crippen molar-refractivity contribution in [3.05, 3.63) is 29.6 Å². The summed E-state index contributed by atoms with van der Waals surface area (Å²) in [7, 11) is 1.82. The first-order valence-electron chi connectivity index (χ1n) is 5.66. The largest absolute Gasteiger partial charge is 0.313 e. The van der Waals surface area contributed by atoms with E-state index in [-0.39, 0.29) is 11.9 Å². The molecule has 0 amide bonds. The molecule has 2 rings (SSSR count). The Morgan fingerprint density at radius 3 is 2.68 bits per heavy atom. The van der Waals surface area contributed by atoms with Crippen LogP contribution in [0.5, 0.6) is 0 Å². The van der Waals surface area contributed by atoms with Crippen LogP contribution in [0.15, 0.2) is 31.8 Å². The molecule has 3 nitrogen and oxygen atoms in total. The molecule has 1 aromatic carbocycles. The summed E-state index contributed by atoms with van der Waals surface area (Å²) in [6.45, 7) is 1.94. The molecule has 102 valence electrons. The average molecular weight is 315 g/mol. The highest BCUT2D eigenvalue weighted by atomic mass is 32.2. The summed E-state index contributed by atoms with van der Waals surface area (Å²) in [5.41, 5.74) is 0.677. The molecular formula is C12H14FN3S3. The van der Waals surface area contributed by atoms with Crippen LogP contribution in [0.4, 0.5) is 4.39 Å². The van der Waals surface area contributed by atoms with Crippen molar-refractivity contribution >= 4 is 34.9 Å². The van der Waals surface area contributed by atoms with Gasteiger partial charge in [0.05, 0.1) is 0 Å². The van der Waals surface area contributed by atoms with E-state index in [9.17, 15) is 4.39 Å². The zero-order valence-corrected chi connectivity index (χ0v) is 13.3. The van der Waals surface area contributed by atoms with Crippen molar-refractivity contribution in [3.8, 4) is 0 Å². The minimum atomic E-state index is -0.193. The van der Waals surface area contributed by atoms with Crippen molar-refractivity contribution < 1.29 is 4.39 Å². The Labute approximate surface area is 124 Å². The van der Waals surface area contributed by atoms with Crippen molar-refractivity contribution in [3.63, 3.8) is 0 Å². The minimum absolute atomic E-state index is 0.0448. The van der Waals surface area contributed by atoms with Crippen LogP contribution in [0, 0.1) is 5.82 Å². The van der Waals surface area contributed by atoms with Crippen LogP contribution in [-0.2, 0) is 0 Å². The van der Waals surface area contributed by atoms with Gasteiger partial charge >= 0.3 is 0 Å². The Balaban J connectivity index is 2.31. The fourth-order valence-corrected chi connectivity index (χ4v) is 4.22. The van der Waals surface area contributed by atoms with Gasteiger partial charge in [-0.2, -0.15) is 0 Å². The zero-order valence-electron chi connectivity index (χ0n) is 10.8. The van der Waals surface area contributed by atoms with Gasteiger partial charge in [0.25, 0.3) is 0 Å². The number of nitrogens with one attached hydrogen (secondary N) is 1. The summed E-state index contributed by atoms with van der Waals surface area (Å²) in [6, 6.07) is 5.08. The highest BCUT2D eigenvalue weighted by Crippen LogP contribution is 2.37. The molecule has 0 spiro atoms. The molecule has 0 saturated heterocycles. The van der Waals surface area contributed by atoms with Gasteiger partial charge in [-0.1, -0.05) is 40.9 Å². The Hall–Kier alpha value is -0.630. The van der Waals surface area contributed by atoms with E-state index < -0.39 is 0 Å². The average Bonchev–Trinajstić information content (AvgIpc) is 2.86. The molecule has 2 aromatic rings. The summed E-state index contributed by atoms with van der Waals surface area (Å²) in [5.74, 6) is -0.193. The van der Waals surface area contributed by atoms with Crippen LogP contribution in [0.25, 0.3) is 0 Å². The molecule has 1 unspecified atom stereocenters. The molecular weight excluding hydrogens is 301 g/mol. The SMILES string of the molecule is CNC(C)c1c(F)cccc1Sc1nnc(SC)s1.